The van der Waals surface area contributed by atoms with E-state index in [0.717, 1.165) is 27.9 Å². The maximum absolute atomic E-state index is 5.88. The zero-order valence-electron chi connectivity index (χ0n) is 12.0. The molecule has 3 rings (SSSR count). The molecular weight excluding hydrogens is 260 g/mol. The van der Waals surface area contributed by atoms with Crippen molar-refractivity contribution in [2.24, 2.45) is 5.73 Å². The van der Waals surface area contributed by atoms with Gasteiger partial charge in [-0.25, -0.2) is 4.98 Å². The number of rotatable bonds is 4. The highest BCUT2D eigenvalue weighted by Gasteiger charge is 2.03. The Morgan fingerprint density at radius 3 is 2.76 bits per heavy atom. The zero-order valence-corrected chi connectivity index (χ0v) is 12.0. The molecule has 0 fully saturated rings. The van der Waals surface area contributed by atoms with Crippen molar-refractivity contribution >= 4 is 10.9 Å². The molecule has 0 aliphatic heterocycles. The van der Waals surface area contributed by atoms with E-state index in [1.165, 1.54) is 0 Å². The lowest BCUT2D eigenvalue weighted by atomic mass is 10.1. The minimum atomic E-state index is 0.00680. The van der Waals surface area contributed by atoms with Crippen LogP contribution in [0.3, 0.4) is 0 Å². The standard InChI is InChI=1S/C18H18N2O/c1-13(19)15-6-4-7-17(11-15)21-12-16-10-9-14-5-2-3-8-18(14)20-16/h2-11,13H,12,19H2,1H3. The van der Waals surface area contributed by atoms with Crippen LogP contribution in [-0.2, 0) is 6.61 Å². The highest BCUT2D eigenvalue weighted by atomic mass is 16.5. The summed E-state index contributed by atoms with van der Waals surface area (Å²) in [4.78, 5) is 4.60. The van der Waals surface area contributed by atoms with E-state index in [1.54, 1.807) is 0 Å². The highest BCUT2D eigenvalue weighted by molar-refractivity contribution is 5.78. The first kappa shape index (κ1) is 13.6. The number of hydrogen-bond acceptors (Lipinski definition) is 3. The van der Waals surface area contributed by atoms with Gasteiger partial charge in [0, 0.05) is 11.4 Å². The third-order valence-corrected chi connectivity index (χ3v) is 3.43. The lowest BCUT2D eigenvalue weighted by Gasteiger charge is -2.10. The zero-order chi connectivity index (χ0) is 14.7. The van der Waals surface area contributed by atoms with Gasteiger partial charge in [0.15, 0.2) is 0 Å². The molecular formula is C18H18N2O. The predicted octanol–water partition coefficient (Wildman–Crippen LogP) is 3.83. The van der Waals surface area contributed by atoms with Gasteiger partial charge in [-0.05, 0) is 36.8 Å². The summed E-state index contributed by atoms with van der Waals surface area (Å²) in [6.07, 6.45) is 0. The second kappa shape index (κ2) is 5.94. The highest BCUT2D eigenvalue weighted by Crippen LogP contribution is 2.19. The number of nitrogens with two attached hydrogens (primary N) is 1. The van der Waals surface area contributed by atoms with E-state index in [9.17, 15) is 0 Å². The fourth-order valence-electron chi connectivity index (χ4n) is 2.23. The van der Waals surface area contributed by atoms with Gasteiger partial charge < -0.3 is 10.5 Å². The largest absolute Gasteiger partial charge is 0.487 e. The summed E-state index contributed by atoms with van der Waals surface area (Å²) in [7, 11) is 0. The van der Waals surface area contributed by atoms with Crippen LogP contribution in [0.5, 0.6) is 5.75 Å². The number of nitrogens with zero attached hydrogens (tertiary/aromatic N) is 1. The van der Waals surface area contributed by atoms with Crippen LogP contribution in [0.25, 0.3) is 10.9 Å². The molecule has 0 radical (unpaired) electrons. The Bertz CT molecular complexity index is 753. The Hall–Kier alpha value is -2.39. The molecule has 0 saturated heterocycles. The maximum atomic E-state index is 5.88. The van der Waals surface area contributed by atoms with Crippen LogP contribution >= 0.6 is 0 Å². The molecule has 0 aliphatic carbocycles. The van der Waals surface area contributed by atoms with Crippen LogP contribution < -0.4 is 10.5 Å². The van der Waals surface area contributed by atoms with Crippen molar-refractivity contribution in [2.75, 3.05) is 0 Å². The number of hydrogen-bond donors (Lipinski definition) is 1. The molecule has 0 aliphatic rings. The van der Waals surface area contributed by atoms with Crippen molar-refractivity contribution in [3.05, 3.63) is 71.9 Å². The SMILES string of the molecule is CC(N)c1cccc(OCc2ccc3ccccc3n2)c1. The number of para-hydroxylation sites is 1. The topological polar surface area (TPSA) is 48.1 Å². The van der Waals surface area contributed by atoms with E-state index in [4.69, 9.17) is 10.5 Å². The molecule has 1 heterocycles. The molecule has 1 aromatic heterocycles. The maximum Gasteiger partial charge on any atom is 0.130 e. The fraction of sp³-hybridized carbons (Fsp3) is 0.167. The minimum absolute atomic E-state index is 0.00680. The first-order valence-electron chi connectivity index (χ1n) is 7.05. The van der Waals surface area contributed by atoms with Gasteiger partial charge in [-0.1, -0.05) is 36.4 Å². The smallest absolute Gasteiger partial charge is 0.130 e. The van der Waals surface area contributed by atoms with E-state index < -0.39 is 0 Å². The van der Waals surface area contributed by atoms with Crippen molar-refractivity contribution in [3.63, 3.8) is 0 Å². The van der Waals surface area contributed by atoms with Crippen LogP contribution in [0, 0.1) is 0 Å². The second-order valence-corrected chi connectivity index (χ2v) is 5.15. The normalized spacial score (nSPS) is 12.3. The molecule has 1 atom stereocenters. The molecule has 3 aromatic rings. The molecule has 21 heavy (non-hydrogen) atoms. The summed E-state index contributed by atoms with van der Waals surface area (Å²) in [5.74, 6) is 0.819. The summed E-state index contributed by atoms with van der Waals surface area (Å²) in [5.41, 5.74) is 8.86. The monoisotopic (exact) mass is 278 g/mol. The van der Waals surface area contributed by atoms with Gasteiger partial charge in [0.1, 0.15) is 12.4 Å². The first-order valence-corrected chi connectivity index (χ1v) is 7.05. The van der Waals surface area contributed by atoms with Crippen molar-refractivity contribution in [1.82, 2.24) is 4.98 Å². The van der Waals surface area contributed by atoms with Gasteiger partial charge in [-0.3, -0.25) is 0 Å². The fourth-order valence-corrected chi connectivity index (χ4v) is 2.23. The Morgan fingerprint density at radius 1 is 1.05 bits per heavy atom. The predicted molar refractivity (Wildman–Crippen MR) is 85.1 cm³/mol. The minimum Gasteiger partial charge on any atom is -0.487 e. The van der Waals surface area contributed by atoms with E-state index in [1.807, 2.05) is 55.5 Å². The van der Waals surface area contributed by atoms with Gasteiger partial charge in [0.2, 0.25) is 0 Å². The third-order valence-electron chi connectivity index (χ3n) is 3.43. The quantitative estimate of drug-likeness (QED) is 0.789. The summed E-state index contributed by atoms with van der Waals surface area (Å²) >= 11 is 0. The van der Waals surface area contributed by atoms with E-state index in [2.05, 4.69) is 17.1 Å². The van der Waals surface area contributed by atoms with E-state index in [0.29, 0.717) is 6.61 Å². The number of aromatic nitrogens is 1. The molecule has 0 amide bonds. The third kappa shape index (κ3) is 3.20. The summed E-state index contributed by atoms with van der Waals surface area (Å²) in [5, 5.41) is 1.14. The van der Waals surface area contributed by atoms with Crippen LogP contribution in [0.1, 0.15) is 24.2 Å². The molecule has 3 nitrogen and oxygen atoms in total. The van der Waals surface area contributed by atoms with E-state index in [-0.39, 0.29) is 6.04 Å². The molecule has 0 saturated carbocycles. The average molecular weight is 278 g/mol. The number of fused-ring (bicyclic) bond motifs is 1. The summed E-state index contributed by atoms with van der Waals surface area (Å²) < 4.78 is 5.81. The Kier molecular flexibility index (Phi) is 3.84. The van der Waals surface area contributed by atoms with Crippen molar-refractivity contribution < 1.29 is 4.74 Å². The number of ether oxygens (including phenoxy) is 1. The lowest BCUT2D eigenvalue weighted by Crippen LogP contribution is -2.05. The van der Waals surface area contributed by atoms with Crippen LogP contribution in [0.15, 0.2) is 60.7 Å². The molecule has 2 aromatic carbocycles. The van der Waals surface area contributed by atoms with Crippen molar-refractivity contribution in [2.45, 2.75) is 19.6 Å². The van der Waals surface area contributed by atoms with Gasteiger partial charge in [0.25, 0.3) is 0 Å². The van der Waals surface area contributed by atoms with Crippen molar-refractivity contribution in [3.8, 4) is 5.75 Å². The van der Waals surface area contributed by atoms with Crippen molar-refractivity contribution in [1.29, 1.82) is 0 Å². The van der Waals surface area contributed by atoms with Gasteiger partial charge >= 0.3 is 0 Å². The molecule has 106 valence electrons. The van der Waals surface area contributed by atoms with E-state index >= 15 is 0 Å². The number of pyridine rings is 1. The van der Waals surface area contributed by atoms with Gasteiger partial charge in [-0.15, -0.1) is 0 Å². The Balaban J connectivity index is 1.75. The van der Waals surface area contributed by atoms with Crippen LogP contribution in [0.4, 0.5) is 0 Å². The lowest BCUT2D eigenvalue weighted by molar-refractivity contribution is 0.301. The summed E-state index contributed by atoms with van der Waals surface area (Å²) in [6.45, 7) is 2.41. The Labute approximate surface area is 124 Å². The second-order valence-electron chi connectivity index (χ2n) is 5.15. The first-order chi connectivity index (χ1) is 10.2. The molecule has 3 heteroatoms. The number of benzene rings is 2. The van der Waals surface area contributed by atoms with Crippen LogP contribution in [0.2, 0.25) is 0 Å². The summed E-state index contributed by atoms with van der Waals surface area (Å²) in [6, 6.07) is 20.0. The molecule has 0 spiro atoms. The van der Waals surface area contributed by atoms with Crippen LogP contribution in [-0.4, -0.2) is 4.98 Å². The van der Waals surface area contributed by atoms with Gasteiger partial charge in [0.05, 0.1) is 11.2 Å². The van der Waals surface area contributed by atoms with Gasteiger partial charge in [-0.2, -0.15) is 0 Å². The Morgan fingerprint density at radius 2 is 1.90 bits per heavy atom. The molecule has 0 bridgehead atoms. The average Bonchev–Trinajstić information content (AvgIpc) is 2.53. The molecule has 1 unspecified atom stereocenters. The molecule has 2 N–H and O–H groups in total.